The van der Waals surface area contributed by atoms with Gasteiger partial charge >= 0.3 is 11.9 Å². The summed E-state index contributed by atoms with van der Waals surface area (Å²) in [6.45, 7) is 2.85. The van der Waals surface area contributed by atoms with E-state index in [1.807, 2.05) is 35.2 Å². The van der Waals surface area contributed by atoms with Crippen LogP contribution in [0.25, 0.3) is 0 Å². The second-order valence-corrected chi connectivity index (χ2v) is 8.26. The summed E-state index contributed by atoms with van der Waals surface area (Å²) in [7, 11) is 1.23. The summed E-state index contributed by atoms with van der Waals surface area (Å²) in [5.41, 5.74) is 7.53. The second-order valence-electron chi connectivity index (χ2n) is 8.26. The fourth-order valence-corrected chi connectivity index (χ4v) is 4.34. The normalized spacial score (nSPS) is 18.9. The van der Waals surface area contributed by atoms with Crippen molar-refractivity contribution in [2.24, 2.45) is 16.6 Å². The van der Waals surface area contributed by atoms with Crippen LogP contribution in [0.4, 0.5) is 0 Å². The van der Waals surface area contributed by atoms with Gasteiger partial charge in [0, 0.05) is 30.7 Å². The van der Waals surface area contributed by atoms with Crippen LogP contribution in [-0.2, 0) is 39.8 Å². The van der Waals surface area contributed by atoms with Crippen molar-refractivity contribution in [2.45, 2.75) is 39.2 Å². The van der Waals surface area contributed by atoms with Gasteiger partial charge in [-0.2, -0.15) is 0 Å². The first-order valence-corrected chi connectivity index (χ1v) is 11.2. The van der Waals surface area contributed by atoms with Crippen LogP contribution in [0.2, 0.25) is 0 Å². The van der Waals surface area contributed by atoms with Crippen molar-refractivity contribution in [3.05, 3.63) is 59.1 Å². The van der Waals surface area contributed by atoms with Crippen molar-refractivity contribution in [1.29, 1.82) is 0 Å². The van der Waals surface area contributed by atoms with Crippen LogP contribution in [0.15, 0.2) is 58.5 Å². The number of aliphatic imine (C=N–C) groups is 1. The molecule has 0 saturated heterocycles. The number of amides is 1. The molecule has 0 fully saturated rings. The molecule has 0 spiro atoms. The molecule has 2 aliphatic rings. The highest BCUT2D eigenvalue weighted by atomic mass is 16.6. The van der Waals surface area contributed by atoms with Gasteiger partial charge in [-0.1, -0.05) is 30.3 Å². The number of benzene rings is 1. The van der Waals surface area contributed by atoms with Crippen molar-refractivity contribution in [3.63, 3.8) is 0 Å². The Bertz CT molecular complexity index is 1090. The molecule has 2 heterocycles. The van der Waals surface area contributed by atoms with E-state index < -0.39 is 36.2 Å². The number of ketones is 1. The van der Waals surface area contributed by atoms with E-state index in [1.165, 1.54) is 14.0 Å². The fraction of sp³-hybridized carbons (Fsp3) is 0.400. The van der Waals surface area contributed by atoms with E-state index in [4.69, 9.17) is 15.2 Å². The third-order valence-corrected chi connectivity index (χ3v) is 5.79. The molecule has 2 aliphatic heterocycles. The maximum atomic E-state index is 13.1. The molecule has 1 aromatic rings. The highest BCUT2D eigenvalue weighted by molar-refractivity contribution is 6.43. The number of Topliss-reactive ketones (excluding diaryl/α,β-unsaturated/α-hetero) is 1. The van der Waals surface area contributed by atoms with Gasteiger partial charge in [-0.3, -0.25) is 14.4 Å². The Balaban J connectivity index is 2.05. The van der Waals surface area contributed by atoms with Crippen molar-refractivity contribution in [2.75, 3.05) is 20.3 Å². The Labute approximate surface area is 203 Å². The summed E-state index contributed by atoms with van der Waals surface area (Å²) in [6, 6.07) is 9.45. The Kier molecular flexibility index (Phi) is 8.40. The van der Waals surface area contributed by atoms with Crippen LogP contribution >= 0.6 is 0 Å². The fourth-order valence-electron chi connectivity index (χ4n) is 4.34. The van der Waals surface area contributed by atoms with Crippen LogP contribution < -0.4 is 5.73 Å². The molecule has 1 amide bonds. The number of carbonyl (C=O) groups excluding carboxylic acids is 4. The Morgan fingerprint density at radius 2 is 1.86 bits per heavy atom. The van der Waals surface area contributed by atoms with E-state index in [-0.39, 0.29) is 24.1 Å². The largest absolute Gasteiger partial charge is 0.466 e. The molecule has 3 rings (SSSR count). The minimum absolute atomic E-state index is 0.0422. The molecule has 0 radical (unpaired) electrons. The summed E-state index contributed by atoms with van der Waals surface area (Å²) in [6.07, 6.45) is 3.24. The smallest absolute Gasteiger partial charge is 0.343 e. The van der Waals surface area contributed by atoms with E-state index in [0.717, 1.165) is 5.56 Å². The van der Waals surface area contributed by atoms with E-state index in [1.54, 1.807) is 13.1 Å². The average Bonchev–Trinajstić information content (AvgIpc) is 3.12. The Morgan fingerprint density at radius 1 is 1.14 bits per heavy atom. The van der Waals surface area contributed by atoms with Gasteiger partial charge in [-0.05, 0) is 31.7 Å². The number of esters is 2. The van der Waals surface area contributed by atoms with Crippen LogP contribution in [0.1, 0.15) is 32.3 Å². The molecule has 10 nitrogen and oxygen atoms in total. The first-order valence-electron chi connectivity index (χ1n) is 11.2. The molecule has 0 aliphatic carbocycles. The number of nitrogens with two attached hydrogens (primary N) is 1. The van der Waals surface area contributed by atoms with E-state index >= 15 is 0 Å². The number of rotatable bonds is 10. The van der Waals surface area contributed by atoms with Crippen LogP contribution in [-0.4, -0.2) is 60.8 Å². The molecule has 0 saturated carbocycles. The summed E-state index contributed by atoms with van der Waals surface area (Å²) in [4.78, 5) is 54.4. The zero-order chi connectivity index (χ0) is 25.5. The van der Waals surface area contributed by atoms with Crippen molar-refractivity contribution >= 4 is 29.5 Å². The lowest BCUT2D eigenvalue weighted by molar-refractivity contribution is -0.143. The maximum Gasteiger partial charge on any atom is 0.343 e. The summed E-state index contributed by atoms with van der Waals surface area (Å²) < 4.78 is 15.4. The third-order valence-electron chi connectivity index (χ3n) is 5.79. The van der Waals surface area contributed by atoms with E-state index in [2.05, 4.69) is 9.73 Å². The van der Waals surface area contributed by atoms with Gasteiger partial charge in [0.15, 0.2) is 6.61 Å². The molecule has 186 valence electrons. The van der Waals surface area contributed by atoms with Crippen molar-refractivity contribution in [1.82, 2.24) is 4.90 Å². The van der Waals surface area contributed by atoms with Crippen LogP contribution in [0.5, 0.6) is 0 Å². The molecule has 2 unspecified atom stereocenters. The summed E-state index contributed by atoms with van der Waals surface area (Å²) >= 11 is 0. The van der Waals surface area contributed by atoms with Gasteiger partial charge in [-0.15, -0.1) is 0 Å². The number of hydrogen-bond acceptors (Lipinski definition) is 9. The predicted octanol–water partition coefficient (Wildman–Crippen LogP) is 1.64. The molecule has 35 heavy (non-hydrogen) atoms. The molecule has 10 heteroatoms. The molecular formula is C25H29N3O7. The topological polar surface area (TPSA) is 138 Å². The molecule has 0 aromatic heterocycles. The predicted molar refractivity (Wildman–Crippen MR) is 126 cm³/mol. The van der Waals surface area contributed by atoms with E-state index in [9.17, 15) is 19.2 Å². The molecule has 2 atom stereocenters. The first kappa shape index (κ1) is 25.7. The van der Waals surface area contributed by atoms with Crippen LogP contribution in [0, 0.1) is 5.92 Å². The standard InChI is InChI=1S/C25H29N3O7/c1-15-13-28-19(12-17-8-5-4-6-9-17)18(10-7-11-34-16(2)29)21(23(31)24(26)32)22(28)25(27-15)35-14-20(30)33-3/h4-6,8-9,13,18-19H,7,10-12,14H2,1-3H3,(H2,26,32). The molecule has 1 aromatic carbocycles. The Morgan fingerprint density at radius 3 is 2.49 bits per heavy atom. The number of primary amides is 1. The number of fused-ring (bicyclic) bond motifs is 1. The third kappa shape index (κ3) is 6.14. The lowest BCUT2D eigenvalue weighted by Crippen LogP contribution is -2.36. The minimum atomic E-state index is -1.10. The average molecular weight is 484 g/mol. The van der Waals surface area contributed by atoms with Gasteiger partial charge in [0.2, 0.25) is 11.7 Å². The first-order chi connectivity index (χ1) is 16.7. The monoisotopic (exact) mass is 483 g/mol. The molecule has 2 N–H and O–H groups in total. The quantitative estimate of drug-likeness (QED) is 0.301. The Hall–Kier alpha value is -3.95. The van der Waals surface area contributed by atoms with Crippen molar-refractivity contribution < 1.29 is 33.4 Å². The molecule has 0 bridgehead atoms. The number of hydrogen-bond donors (Lipinski definition) is 1. The summed E-state index contributed by atoms with van der Waals surface area (Å²) in [5.74, 6) is -3.36. The van der Waals surface area contributed by atoms with Gasteiger partial charge in [0.1, 0.15) is 5.70 Å². The highest BCUT2D eigenvalue weighted by Crippen LogP contribution is 2.42. The number of methoxy groups -OCH3 is 1. The van der Waals surface area contributed by atoms with Gasteiger partial charge < -0.3 is 24.8 Å². The van der Waals surface area contributed by atoms with Gasteiger partial charge in [0.05, 0.1) is 19.4 Å². The molecular weight excluding hydrogens is 454 g/mol. The van der Waals surface area contributed by atoms with Crippen LogP contribution in [0.3, 0.4) is 0 Å². The minimum Gasteiger partial charge on any atom is -0.466 e. The zero-order valence-electron chi connectivity index (χ0n) is 20.0. The second kappa shape index (κ2) is 11.5. The maximum absolute atomic E-state index is 13.1. The van der Waals surface area contributed by atoms with Gasteiger partial charge in [-0.25, -0.2) is 9.79 Å². The van der Waals surface area contributed by atoms with Crippen molar-refractivity contribution in [3.8, 4) is 0 Å². The zero-order valence-corrected chi connectivity index (χ0v) is 20.0. The SMILES string of the molecule is COC(=O)COC1=NC(C)=CN2C1=C(C(=O)C(N)=O)C(CCCOC(C)=O)C2Cc1ccccc1. The van der Waals surface area contributed by atoms with Gasteiger partial charge in [0.25, 0.3) is 5.91 Å². The number of carbonyl (C=O) groups is 4. The summed E-state index contributed by atoms with van der Waals surface area (Å²) in [5, 5.41) is 0. The number of ether oxygens (including phenoxy) is 3. The lowest BCUT2D eigenvalue weighted by Gasteiger charge is -2.32. The van der Waals surface area contributed by atoms with E-state index in [0.29, 0.717) is 30.7 Å². The highest BCUT2D eigenvalue weighted by Gasteiger charge is 2.47. The number of allylic oxidation sites excluding steroid dienone is 1. The lowest BCUT2D eigenvalue weighted by atomic mass is 9.84. The number of nitrogens with zero attached hydrogens (tertiary/aromatic N) is 2.